The number of hydrogen-bond acceptors (Lipinski definition) is 3. The zero-order chi connectivity index (χ0) is 27.6. The Bertz CT molecular complexity index is 1020. The van der Waals surface area contributed by atoms with Gasteiger partial charge < -0.3 is 4.74 Å². The number of benzene rings is 1. The summed E-state index contributed by atoms with van der Waals surface area (Å²) < 4.78 is 35.1. The number of sulfonamides is 1. The van der Waals surface area contributed by atoms with Gasteiger partial charge in [0.25, 0.3) is 0 Å². The molecule has 1 heterocycles. The molecule has 1 aromatic heterocycles. The number of rotatable bonds is 21. The molecule has 0 aliphatic rings. The van der Waals surface area contributed by atoms with Crippen molar-refractivity contribution in [1.82, 2.24) is 4.31 Å². The van der Waals surface area contributed by atoms with E-state index in [1.54, 1.807) is 4.31 Å². The van der Waals surface area contributed by atoms with Crippen molar-refractivity contribution in [3.8, 4) is 5.75 Å². The van der Waals surface area contributed by atoms with Crippen LogP contribution in [0.25, 0.3) is 0 Å². The monoisotopic (exact) mass is 545 g/mol. The Morgan fingerprint density at radius 2 is 1.42 bits per heavy atom. The Balaban J connectivity index is 1.78. The number of unbranched alkanes of at least 4 members (excludes halogenated alkanes) is 11. The van der Waals surface area contributed by atoms with Gasteiger partial charge in [-0.05, 0) is 36.6 Å². The summed E-state index contributed by atoms with van der Waals surface area (Å²) in [6, 6.07) is 9.95. The lowest BCUT2D eigenvalue weighted by Crippen LogP contribution is -2.35. The van der Waals surface area contributed by atoms with Crippen LogP contribution in [-0.4, -0.2) is 25.6 Å². The fourth-order valence-electron chi connectivity index (χ4n) is 4.86. The summed E-state index contributed by atoms with van der Waals surface area (Å²) in [5.41, 5.74) is 3.00. The maximum atomic E-state index is 12.6. The van der Waals surface area contributed by atoms with Gasteiger partial charge in [0.05, 0.1) is 12.9 Å². The van der Waals surface area contributed by atoms with E-state index in [2.05, 4.69) is 18.4 Å². The quantitative estimate of drug-likeness (QED) is 0.119. The van der Waals surface area contributed by atoms with Crippen LogP contribution < -0.4 is 9.30 Å². The second-order valence-corrected chi connectivity index (χ2v) is 12.7. The average Bonchev–Trinajstić information content (AvgIpc) is 2.88. The summed E-state index contributed by atoms with van der Waals surface area (Å²) in [5.74, 6) is 0.861. The predicted molar refractivity (Wildman–Crippen MR) is 159 cm³/mol. The van der Waals surface area contributed by atoms with E-state index in [1.165, 1.54) is 76.9 Å². The maximum absolute atomic E-state index is 12.6. The minimum Gasteiger partial charge on any atom is -0.493 e. The van der Waals surface area contributed by atoms with Crippen molar-refractivity contribution in [1.29, 1.82) is 0 Å². The van der Waals surface area contributed by atoms with Crippen LogP contribution in [0.2, 0.25) is 0 Å². The third kappa shape index (κ3) is 12.8. The summed E-state index contributed by atoms with van der Waals surface area (Å²) in [7, 11) is -3.37. The van der Waals surface area contributed by atoms with Crippen LogP contribution in [0.15, 0.2) is 42.7 Å². The van der Waals surface area contributed by atoms with E-state index in [1.807, 2.05) is 49.6 Å². The zero-order valence-corrected chi connectivity index (χ0v) is 25.4. The first-order valence-corrected chi connectivity index (χ1v) is 16.8. The molecule has 0 N–H and O–H groups in total. The fourth-order valence-corrected chi connectivity index (χ4v) is 5.62. The Kier molecular flexibility index (Phi) is 15.6. The van der Waals surface area contributed by atoms with Gasteiger partial charge in [-0.1, -0.05) is 96.6 Å². The molecule has 0 aliphatic heterocycles. The molecule has 214 valence electrons. The minimum atomic E-state index is -3.37. The standard InChI is InChI=1S/C32H53N2O3S/c1-5-7-8-9-10-11-12-13-14-15-16-17-25-37-32-22-18-21-31(29(32)3)28-34(38(4,35)36)27-30-20-19-24-33(26-30)23-6-2/h18-22,24,26H,5-17,23,25,27-28H2,1-4H3/q+1. The maximum Gasteiger partial charge on any atom is 0.211 e. The van der Waals surface area contributed by atoms with Crippen LogP contribution in [-0.2, 0) is 29.7 Å². The smallest absolute Gasteiger partial charge is 0.211 e. The third-order valence-corrected chi connectivity index (χ3v) is 8.42. The lowest BCUT2D eigenvalue weighted by atomic mass is 10.1. The lowest BCUT2D eigenvalue weighted by Gasteiger charge is -2.21. The van der Waals surface area contributed by atoms with Gasteiger partial charge in [0, 0.05) is 31.1 Å². The van der Waals surface area contributed by atoms with Crippen LogP contribution in [0.3, 0.4) is 0 Å². The van der Waals surface area contributed by atoms with E-state index in [9.17, 15) is 8.42 Å². The van der Waals surface area contributed by atoms with Crippen molar-refractivity contribution in [2.24, 2.45) is 0 Å². The van der Waals surface area contributed by atoms with Gasteiger partial charge in [-0.2, -0.15) is 4.31 Å². The highest BCUT2D eigenvalue weighted by atomic mass is 32.2. The van der Waals surface area contributed by atoms with Crippen LogP contribution in [0.5, 0.6) is 5.75 Å². The Morgan fingerprint density at radius 1 is 0.789 bits per heavy atom. The van der Waals surface area contributed by atoms with E-state index >= 15 is 0 Å². The van der Waals surface area contributed by atoms with Crippen molar-refractivity contribution >= 4 is 10.0 Å². The minimum absolute atomic E-state index is 0.336. The average molecular weight is 546 g/mol. The predicted octanol–water partition coefficient (Wildman–Crippen LogP) is 7.73. The molecule has 0 radical (unpaired) electrons. The summed E-state index contributed by atoms with van der Waals surface area (Å²) in [5, 5.41) is 0. The van der Waals surface area contributed by atoms with Gasteiger partial charge in [0.2, 0.25) is 10.0 Å². The molecule has 0 unspecified atom stereocenters. The molecule has 0 atom stereocenters. The molecule has 0 saturated carbocycles. The number of hydrogen-bond donors (Lipinski definition) is 0. The highest BCUT2D eigenvalue weighted by Gasteiger charge is 2.20. The largest absolute Gasteiger partial charge is 0.493 e. The molecular weight excluding hydrogens is 492 g/mol. The number of pyridine rings is 1. The molecule has 0 saturated heterocycles. The number of nitrogens with zero attached hydrogens (tertiary/aromatic N) is 2. The molecule has 0 bridgehead atoms. The first-order chi connectivity index (χ1) is 18.3. The lowest BCUT2D eigenvalue weighted by molar-refractivity contribution is -0.697. The SMILES string of the molecule is CCCCCCCCCCCCCCOc1cccc(CN(Cc2ccc[n+](CCC)c2)S(C)(=O)=O)c1C. The molecule has 0 amide bonds. The second kappa shape index (κ2) is 18.4. The first-order valence-electron chi connectivity index (χ1n) is 15.0. The van der Waals surface area contributed by atoms with Crippen LogP contribution in [0.4, 0.5) is 0 Å². The normalized spacial score (nSPS) is 11.8. The molecule has 0 aliphatic carbocycles. The molecule has 2 aromatic rings. The van der Waals surface area contributed by atoms with Crippen LogP contribution in [0.1, 0.15) is 114 Å². The molecule has 0 fully saturated rings. The highest BCUT2D eigenvalue weighted by Crippen LogP contribution is 2.24. The molecule has 38 heavy (non-hydrogen) atoms. The number of aromatic nitrogens is 1. The Morgan fingerprint density at radius 3 is 2.03 bits per heavy atom. The van der Waals surface area contributed by atoms with Crippen molar-refractivity contribution in [2.45, 2.75) is 124 Å². The van der Waals surface area contributed by atoms with Gasteiger partial charge in [0.1, 0.15) is 12.3 Å². The summed E-state index contributed by atoms with van der Waals surface area (Å²) in [6.45, 7) is 8.76. The molecular formula is C32H53N2O3S+. The van der Waals surface area contributed by atoms with E-state index in [0.29, 0.717) is 19.7 Å². The zero-order valence-electron chi connectivity index (χ0n) is 24.6. The molecule has 1 aromatic carbocycles. The second-order valence-electron chi connectivity index (χ2n) is 10.8. The first kappa shape index (κ1) is 32.3. The van der Waals surface area contributed by atoms with Gasteiger partial charge in [-0.3, -0.25) is 0 Å². The van der Waals surface area contributed by atoms with E-state index in [-0.39, 0.29) is 0 Å². The van der Waals surface area contributed by atoms with E-state index in [4.69, 9.17) is 4.74 Å². The third-order valence-electron chi connectivity index (χ3n) is 7.23. The molecule has 5 nitrogen and oxygen atoms in total. The van der Waals surface area contributed by atoms with E-state index in [0.717, 1.165) is 41.8 Å². The van der Waals surface area contributed by atoms with Crippen LogP contribution >= 0.6 is 0 Å². The van der Waals surface area contributed by atoms with Gasteiger partial charge >= 0.3 is 0 Å². The number of aryl methyl sites for hydroxylation is 1. The van der Waals surface area contributed by atoms with Gasteiger partial charge in [0.15, 0.2) is 12.4 Å². The highest BCUT2D eigenvalue weighted by molar-refractivity contribution is 7.88. The molecule has 0 spiro atoms. The van der Waals surface area contributed by atoms with Crippen molar-refractivity contribution in [2.75, 3.05) is 12.9 Å². The topological polar surface area (TPSA) is 50.5 Å². The van der Waals surface area contributed by atoms with Gasteiger partial charge in [-0.25, -0.2) is 13.0 Å². The Hall–Kier alpha value is -1.92. The van der Waals surface area contributed by atoms with Gasteiger partial charge in [-0.15, -0.1) is 0 Å². The number of ether oxygens (including phenoxy) is 1. The summed E-state index contributed by atoms with van der Waals surface area (Å²) in [4.78, 5) is 0. The summed E-state index contributed by atoms with van der Waals surface area (Å²) >= 11 is 0. The molecule has 6 heteroatoms. The van der Waals surface area contributed by atoms with Crippen molar-refractivity contribution < 1.29 is 17.7 Å². The van der Waals surface area contributed by atoms with Crippen molar-refractivity contribution in [3.05, 3.63) is 59.4 Å². The van der Waals surface area contributed by atoms with Crippen molar-refractivity contribution in [3.63, 3.8) is 0 Å². The summed E-state index contributed by atoms with van der Waals surface area (Å²) in [6.07, 6.45) is 22.3. The van der Waals surface area contributed by atoms with Crippen LogP contribution in [0, 0.1) is 6.92 Å². The molecule has 2 rings (SSSR count). The fraction of sp³-hybridized carbons (Fsp3) is 0.656. The Labute approximate surface area is 233 Å². The van der Waals surface area contributed by atoms with E-state index < -0.39 is 10.0 Å².